The number of rotatable bonds is 8. The van der Waals surface area contributed by atoms with Crippen molar-refractivity contribution in [3.63, 3.8) is 0 Å². The predicted octanol–water partition coefficient (Wildman–Crippen LogP) is 5.27. The second-order valence-electron chi connectivity index (χ2n) is 8.26. The average Bonchev–Trinajstić information content (AvgIpc) is 3.17. The summed E-state index contributed by atoms with van der Waals surface area (Å²) in [5.74, 6) is -4.05. The number of nitrogens with one attached hydrogen (secondary N) is 1. The van der Waals surface area contributed by atoms with Gasteiger partial charge in [-0.25, -0.2) is 13.6 Å². The molecule has 0 aliphatic carbocycles. The van der Waals surface area contributed by atoms with E-state index in [0.29, 0.717) is 11.4 Å². The number of carboxylic acid groups (broad SMARTS) is 1. The van der Waals surface area contributed by atoms with Gasteiger partial charge in [-0.1, -0.05) is 30.0 Å². The molecule has 1 heterocycles. The molecule has 3 aromatic rings. The van der Waals surface area contributed by atoms with E-state index < -0.39 is 29.4 Å². The maximum absolute atomic E-state index is 13.8. The molecule has 0 unspecified atom stereocenters. The van der Waals surface area contributed by atoms with Gasteiger partial charge in [0.1, 0.15) is 15.8 Å². The molecule has 0 radical (unpaired) electrons. The average molecular weight is 571 g/mol. The van der Waals surface area contributed by atoms with Crippen LogP contribution in [0.15, 0.2) is 59.5 Å². The molecule has 39 heavy (non-hydrogen) atoms. The first-order valence-electron chi connectivity index (χ1n) is 11.3. The highest BCUT2D eigenvalue weighted by atomic mass is 32.2. The Kier molecular flexibility index (Phi) is 8.27. The number of hydrogen-bond donors (Lipinski definition) is 3. The minimum Gasteiger partial charge on any atom is -0.507 e. The van der Waals surface area contributed by atoms with Crippen LogP contribution in [-0.2, 0) is 9.59 Å². The number of thioether (sulfide) groups is 1. The summed E-state index contributed by atoms with van der Waals surface area (Å²) in [6.07, 6.45) is 1.33. The molecule has 3 aromatic carbocycles. The van der Waals surface area contributed by atoms with Crippen molar-refractivity contribution in [1.29, 1.82) is 0 Å². The molecule has 3 N–H and O–H groups in total. The summed E-state index contributed by atoms with van der Waals surface area (Å²) in [6.45, 7) is -0.00868. The Morgan fingerprint density at radius 3 is 2.46 bits per heavy atom. The third-order valence-corrected chi connectivity index (χ3v) is 7.10. The van der Waals surface area contributed by atoms with Gasteiger partial charge in [0.05, 0.1) is 17.6 Å². The summed E-state index contributed by atoms with van der Waals surface area (Å²) in [5, 5.41) is 22.5. The molecule has 12 heteroatoms. The Balaban J connectivity index is 1.50. The number of carbonyl (C=O) groups is 3. The fourth-order valence-electron chi connectivity index (χ4n) is 3.71. The fraction of sp³-hybridized carbons (Fsp3) is 0.111. The highest BCUT2D eigenvalue weighted by Crippen LogP contribution is 2.40. The SMILES string of the molecule is COc1cc(C=C2SC(=S)N(CCC(=O)Nc3ccc(C(=O)O)cc3)C2=O)c(O)c(-c2ccc(F)c(F)c2)c1. The Morgan fingerprint density at radius 1 is 1.10 bits per heavy atom. The van der Waals surface area contributed by atoms with Gasteiger partial charge in [-0.3, -0.25) is 14.5 Å². The first kappa shape index (κ1) is 27.7. The lowest BCUT2D eigenvalue weighted by Gasteiger charge is -2.14. The highest BCUT2D eigenvalue weighted by molar-refractivity contribution is 8.26. The van der Waals surface area contributed by atoms with Crippen molar-refractivity contribution in [2.75, 3.05) is 19.0 Å². The number of aromatic hydroxyl groups is 1. The van der Waals surface area contributed by atoms with Gasteiger partial charge in [0, 0.05) is 29.8 Å². The first-order chi connectivity index (χ1) is 18.6. The van der Waals surface area contributed by atoms with E-state index >= 15 is 0 Å². The lowest BCUT2D eigenvalue weighted by Crippen LogP contribution is -2.31. The molecule has 0 atom stereocenters. The van der Waals surface area contributed by atoms with Crippen molar-refractivity contribution in [2.45, 2.75) is 6.42 Å². The van der Waals surface area contributed by atoms with Crippen LogP contribution in [0.2, 0.25) is 0 Å². The maximum Gasteiger partial charge on any atom is 0.335 e. The van der Waals surface area contributed by atoms with Crippen molar-refractivity contribution >= 4 is 57.8 Å². The number of carbonyl (C=O) groups excluding carboxylic acids is 2. The van der Waals surface area contributed by atoms with Crippen molar-refractivity contribution < 1.29 is 38.1 Å². The maximum atomic E-state index is 13.8. The molecule has 1 aliphatic rings. The van der Waals surface area contributed by atoms with Gasteiger partial charge in [-0.05, 0) is 60.2 Å². The molecule has 0 saturated carbocycles. The van der Waals surface area contributed by atoms with Crippen molar-refractivity contribution in [3.8, 4) is 22.6 Å². The number of nitrogens with zero attached hydrogens (tertiary/aromatic N) is 1. The van der Waals surface area contributed by atoms with Gasteiger partial charge in [0.25, 0.3) is 5.91 Å². The van der Waals surface area contributed by atoms with Crippen LogP contribution in [0.4, 0.5) is 14.5 Å². The van der Waals surface area contributed by atoms with Crippen LogP contribution in [-0.4, -0.2) is 50.9 Å². The van der Waals surface area contributed by atoms with Crippen LogP contribution in [0.25, 0.3) is 17.2 Å². The number of aromatic carboxylic acids is 1. The second kappa shape index (κ2) is 11.6. The molecule has 1 aliphatic heterocycles. The van der Waals surface area contributed by atoms with Crippen LogP contribution in [0.1, 0.15) is 22.3 Å². The highest BCUT2D eigenvalue weighted by Gasteiger charge is 2.32. The summed E-state index contributed by atoms with van der Waals surface area (Å²) in [5.41, 5.74) is 1.05. The molecule has 2 amide bonds. The van der Waals surface area contributed by atoms with Gasteiger partial charge in [0.2, 0.25) is 5.91 Å². The smallest absolute Gasteiger partial charge is 0.335 e. The Labute approximate surface area is 230 Å². The number of carboxylic acids is 1. The van der Waals surface area contributed by atoms with E-state index in [1.807, 2.05) is 0 Å². The van der Waals surface area contributed by atoms with Gasteiger partial charge in [-0.2, -0.15) is 0 Å². The van der Waals surface area contributed by atoms with E-state index in [1.165, 1.54) is 60.6 Å². The summed E-state index contributed by atoms with van der Waals surface area (Å²) < 4.78 is 32.7. The van der Waals surface area contributed by atoms with Crippen LogP contribution in [0.5, 0.6) is 11.5 Å². The van der Waals surface area contributed by atoms with Crippen LogP contribution >= 0.6 is 24.0 Å². The molecule has 0 aromatic heterocycles. The number of phenolic OH excluding ortho intramolecular Hbond substituents is 1. The first-order valence-corrected chi connectivity index (χ1v) is 12.5. The third-order valence-electron chi connectivity index (χ3n) is 5.72. The molecule has 4 rings (SSSR count). The van der Waals surface area contributed by atoms with Crippen molar-refractivity contribution in [3.05, 3.63) is 82.3 Å². The largest absolute Gasteiger partial charge is 0.507 e. The molecule has 8 nitrogen and oxygen atoms in total. The number of amides is 2. The number of hydrogen-bond acceptors (Lipinski definition) is 7. The lowest BCUT2D eigenvalue weighted by atomic mass is 10.00. The summed E-state index contributed by atoms with van der Waals surface area (Å²) in [4.78, 5) is 37.8. The molecular formula is C27H20F2N2O6S2. The van der Waals surface area contributed by atoms with Gasteiger partial charge in [-0.15, -0.1) is 0 Å². The minimum absolute atomic E-state index is 0.00868. The minimum atomic E-state index is -1.09. The van der Waals surface area contributed by atoms with E-state index in [1.54, 1.807) is 0 Å². The fourth-order valence-corrected chi connectivity index (χ4v) is 5.01. The lowest BCUT2D eigenvalue weighted by molar-refractivity contribution is -0.122. The number of phenols is 1. The molecule has 1 fully saturated rings. The number of ether oxygens (including phenoxy) is 1. The van der Waals surface area contributed by atoms with Gasteiger partial charge in [0.15, 0.2) is 11.6 Å². The van der Waals surface area contributed by atoms with E-state index in [2.05, 4.69) is 5.32 Å². The predicted molar refractivity (Wildman–Crippen MR) is 147 cm³/mol. The third kappa shape index (κ3) is 6.24. The zero-order valence-corrected chi connectivity index (χ0v) is 21.9. The van der Waals surface area contributed by atoms with Crippen LogP contribution in [0.3, 0.4) is 0 Å². The standard InChI is InChI=1S/C27H20F2N2O6S2/c1-37-18-10-16(24(33)19(13-18)15-4-7-20(28)21(29)11-15)12-22-25(34)31(27(38)39-22)9-8-23(32)30-17-5-2-14(3-6-17)26(35)36/h2-7,10-13,33H,8-9H2,1H3,(H,30,32)(H,35,36). The van der Waals surface area contributed by atoms with E-state index in [9.17, 15) is 28.3 Å². The number of anilines is 1. The summed E-state index contributed by atoms with van der Waals surface area (Å²) in [7, 11) is 1.40. The Bertz CT molecular complexity index is 1530. The zero-order chi connectivity index (χ0) is 28.3. The van der Waals surface area contributed by atoms with Crippen molar-refractivity contribution in [1.82, 2.24) is 4.90 Å². The number of benzene rings is 3. The van der Waals surface area contributed by atoms with Crippen molar-refractivity contribution in [2.24, 2.45) is 0 Å². The molecular weight excluding hydrogens is 550 g/mol. The van der Waals surface area contributed by atoms with Crippen LogP contribution in [0, 0.1) is 11.6 Å². The van der Waals surface area contributed by atoms with E-state index in [4.69, 9.17) is 22.1 Å². The summed E-state index contributed by atoms with van der Waals surface area (Å²) in [6, 6.07) is 11.8. The van der Waals surface area contributed by atoms with E-state index in [-0.39, 0.29) is 50.2 Å². The molecule has 1 saturated heterocycles. The number of thiocarbonyl (C=S) groups is 1. The Morgan fingerprint density at radius 2 is 1.82 bits per heavy atom. The monoisotopic (exact) mass is 570 g/mol. The number of methoxy groups -OCH3 is 1. The van der Waals surface area contributed by atoms with Crippen LogP contribution < -0.4 is 10.1 Å². The Hall–Kier alpha value is -4.29. The second-order valence-corrected chi connectivity index (χ2v) is 9.93. The normalized spacial score (nSPS) is 14.1. The van der Waals surface area contributed by atoms with E-state index in [0.717, 1.165) is 23.9 Å². The molecule has 200 valence electrons. The topological polar surface area (TPSA) is 116 Å². The number of halogens is 2. The molecule has 0 bridgehead atoms. The zero-order valence-electron chi connectivity index (χ0n) is 20.2. The molecule has 0 spiro atoms. The van der Waals surface area contributed by atoms with Gasteiger partial charge < -0.3 is 20.3 Å². The quantitative estimate of drug-likeness (QED) is 0.248. The van der Waals surface area contributed by atoms with Gasteiger partial charge >= 0.3 is 5.97 Å². The summed E-state index contributed by atoms with van der Waals surface area (Å²) >= 11 is 6.30.